The first-order valence-electron chi connectivity index (χ1n) is 6.90. The number of piperazine rings is 1. The van der Waals surface area contributed by atoms with Crippen LogP contribution in [-0.2, 0) is 4.79 Å². The molecule has 1 fully saturated rings. The lowest BCUT2D eigenvalue weighted by molar-refractivity contribution is -0.119. The number of rotatable bonds is 3. The normalized spacial score (nSPS) is 18.7. The standard InChI is InChI=1S/C15H18N4O2/c1-21-11-2-3-12-10(8-11)4-5-18-15(12)19-7-6-17-9-13(19)14(16)20/h2-5,8,13,17H,6-7,9H2,1H3,(H2,16,20). The molecule has 1 aliphatic rings. The van der Waals surface area contributed by atoms with Gasteiger partial charge in [-0.1, -0.05) is 0 Å². The first kappa shape index (κ1) is 13.6. The number of methoxy groups -OCH3 is 1. The highest BCUT2D eigenvalue weighted by molar-refractivity contribution is 5.95. The van der Waals surface area contributed by atoms with E-state index in [0.29, 0.717) is 13.1 Å². The van der Waals surface area contributed by atoms with Gasteiger partial charge in [0.25, 0.3) is 0 Å². The van der Waals surface area contributed by atoms with Crippen LogP contribution in [-0.4, -0.2) is 43.7 Å². The van der Waals surface area contributed by atoms with Gasteiger partial charge in [0.05, 0.1) is 7.11 Å². The highest BCUT2D eigenvalue weighted by Crippen LogP contribution is 2.29. The lowest BCUT2D eigenvalue weighted by atomic mass is 10.1. The number of nitrogens with two attached hydrogens (primary N) is 1. The monoisotopic (exact) mass is 286 g/mol. The molecular formula is C15H18N4O2. The van der Waals surface area contributed by atoms with Crippen molar-refractivity contribution in [3.63, 3.8) is 0 Å². The van der Waals surface area contributed by atoms with Crippen molar-refractivity contribution in [3.8, 4) is 5.75 Å². The number of primary amides is 1. The van der Waals surface area contributed by atoms with Gasteiger partial charge in [0.2, 0.25) is 5.91 Å². The number of nitrogens with zero attached hydrogens (tertiary/aromatic N) is 2. The Hall–Kier alpha value is -2.34. The lowest BCUT2D eigenvalue weighted by Gasteiger charge is -2.35. The molecule has 3 N–H and O–H groups in total. The van der Waals surface area contributed by atoms with Crippen LogP contribution in [0.2, 0.25) is 0 Å². The van der Waals surface area contributed by atoms with Gasteiger partial charge in [-0.05, 0) is 29.7 Å². The maximum absolute atomic E-state index is 11.7. The Morgan fingerprint density at radius 3 is 3.10 bits per heavy atom. The van der Waals surface area contributed by atoms with Crippen LogP contribution in [0, 0.1) is 0 Å². The number of hydrogen-bond acceptors (Lipinski definition) is 5. The van der Waals surface area contributed by atoms with Crippen LogP contribution in [0.4, 0.5) is 5.82 Å². The van der Waals surface area contributed by atoms with Crippen LogP contribution in [0.25, 0.3) is 10.8 Å². The molecule has 0 spiro atoms. The number of fused-ring (bicyclic) bond motifs is 1. The molecule has 0 saturated carbocycles. The fourth-order valence-corrected chi connectivity index (χ4v) is 2.71. The Kier molecular flexibility index (Phi) is 3.62. The van der Waals surface area contributed by atoms with E-state index in [1.54, 1.807) is 13.3 Å². The molecule has 1 saturated heterocycles. The number of hydrogen-bond donors (Lipinski definition) is 2. The average molecular weight is 286 g/mol. The number of amides is 1. The van der Waals surface area contributed by atoms with Gasteiger partial charge in [-0.25, -0.2) is 4.98 Å². The van der Waals surface area contributed by atoms with Crippen molar-refractivity contribution >= 4 is 22.5 Å². The van der Waals surface area contributed by atoms with Crippen LogP contribution in [0.5, 0.6) is 5.75 Å². The predicted octanol–water partition coefficient (Wildman–Crippen LogP) is 0.507. The maximum Gasteiger partial charge on any atom is 0.241 e. The Balaban J connectivity index is 2.08. The van der Waals surface area contributed by atoms with E-state index in [4.69, 9.17) is 10.5 Å². The summed E-state index contributed by atoms with van der Waals surface area (Å²) in [6.45, 7) is 2.05. The summed E-state index contributed by atoms with van der Waals surface area (Å²) in [6, 6.07) is 7.38. The largest absolute Gasteiger partial charge is 0.497 e. The number of benzene rings is 1. The number of aromatic nitrogens is 1. The number of pyridine rings is 1. The zero-order valence-electron chi connectivity index (χ0n) is 11.9. The first-order chi connectivity index (χ1) is 10.2. The molecule has 1 aliphatic heterocycles. The Morgan fingerprint density at radius 1 is 1.48 bits per heavy atom. The van der Waals surface area contributed by atoms with Gasteiger partial charge in [0.1, 0.15) is 17.6 Å². The first-order valence-corrected chi connectivity index (χ1v) is 6.90. The van der Waals surface area contributed by atoms with E-state index in [9.17, 15) is 4.79 Å². The second-order valence-corrected chi connectivity index (χ2v) is 5.04. The Morgan fingerprint density at radius 2 is 2.33 bits per heavy atom. The zero-order valence-corrected chi connectivity index (χ0v) is 11.9. The summed E-state index contributed by atoms with van der Waals surface area (Å²) in [5, 5.41) is 5.21. The summed E-state index contributed by atoms with van der Waals surface area (Å²) in [7, 11) is 1.64. The van der Waals surface area contributed by atoms with Crippen LogP contribution < -0.4 is 20.7 Å². The Labute approximate surface area is 122 Å². The summed E-state index contributed by atoms with van der Waals surface area (Å²) in [5.41, 5.74) is 5.52. The summed E-state index contributed by atoms with van der Waals surface area (Å²) in [4.78, 5) is 18.1. The van der Waals surface area contributed by atoms with Crippen molar-refractivity contribution in [3.05, 3.63) is 30.5 Å². The van der Waals surface area contributed by atoms with Gasteiger partial charge in [-0.2, -0.15) is 0 Å². The molecule has 1 unspecified atom stereocenters. The molecule has 1 aromatic carbocycles. The number of nitrogens with one attached hydrogen (secondary N) is 1. The molecule has 2 aromatic rings. The molecule has 6 nitrogen and oxygen atoms in total. The fourth-order valence-electron chi connectivity index (χ4n) is 2.71. The number of anilines is 1. The van der Waals surface area contributed by atoms with E-state index in [2.05, 4.69) is 10.3 Å². The van der Waals surface area contributed by atoms with E-state index in [1.807, 2.05) is 29.2 Å². The molecule has 21 heavy (non-hydrogen) atoms. The minimum absolute atomic E-state index is 0.338. The van der Waals surface area contributed by atoms with Gasteiger partial charge in [-0.15, -0.1) is 0 Å². The van der Waals surface area contributed by atoms with Crippen molar-refractivity contribution in [2.24, 2.45) is 5.73 Å². The molecule has 2 heterocycles. The molecule has 0 bridgehead atoms. The topological polar surface area (TPSA) is 80.5 Å². The molecular weight excluding hydrogens is 268 g/mol. The van der Waals surface area contributed by atoms with Crippen molar-refractivity contribution in [2.75, 3.05) is 31.6 Å². The molecule has 0 radical (unpaired) electrons. The third-order valence-corrected chi connectivity index (χ3v) is 3.79. The van der Waals surface area contributed by atoms with Crippen molar-refractivity contribution < 1.29 is 9.53 Å². The number of carbonyl (C=O) groups excluding carboxylic acids is 1. The fraction of sp³-hybridized carbons (Fsp3) is 0.333. The SMILES string of the molecule is COc1ccc2c(N3CCNCC3C(N)=O)nccc2c1. The maximum atomic E-state index is 11.7. The van der Waals surface area contributed by atoms with E-state index >= 15 is 0 Å². The molecule has 110 valence electrons. The zero-order chi connectivity index (χ0) is 14.8. The molecule has 1 atom stereocenters. The van der Waals surface area contributed by atoms with Gasteiger partial charge in [0.15, 0.2) is 0 Å². The van der Waals surface area contributed by atoms with E-state index in [-0.39, 0.29) is 11.9 Å². The van der Waals surface area contributed by atoms with Crippen molar-refractivity contribution in [1.29, 1.82) is 0 Å². The predicted molar refractivity (Wildman–Crippen MR) is 81.5 cm³/mol. The average Bonchev–Trinajstić information content (AvgIpc) is 2.53. The quantitative estimate of drug-likeness (QED) is 0.859. The smallest absolute Gasteiger partial charge is 0.241 e. The van der Waals surface area contributed by atoms with E-state index in [0.717, 1.165) is 28.9 Å². The summed E-state index contributed by atoms with van der Waals surface area (Å²) < 4.78 is 5.25. The number of carbonyl (C=O) groups is 1. The molecule has 6 heteroatoms. The molecule has 3 rings (SSSR count). The molecule has 1 aromatic heterocycles. The highest BCUT2D eigenvalue weighted by Gasteiger charge is 2.28. The number of ether oxygens (including phenoxy) is 1. The van der Waals surface area contributed by atoms with E-state index < -0.39 is 0 Å². The minimum atomic E-state index is -0.376. The second-order valence-electron chi connectivity index (χ2n) is 5.04. The molecule has 1 amide bonds. The van der Waals surface area contributed by atoms with Crippen LogP contribution in [0.1, 0.15) is 0 Å². The van der Waals surface area contributed by atoms with E-state index in [1.165, 1.54) is 0 Å². The van der Waals surface area contributed by atoms with Gasteiger partial charge in [0, 0.05) is 31.2 Å². The van der Waals surface area contributed by atoms with Crippen LogP contribution in [0.15, 0.2) is 30.5 Å². The van der Waals surface area contributed by atoms with Gasteiger partial charge < -0.3 is 20.7 Å². The van der Waals surface area contributed by atoms with Gasteiger partial charge in [-0.3, -0.25) is 4.79 Å². The molecule has 0 aliphatic carbocycles. The van der Waals surface area contributed by atoms with Crippen LogP contribution in [0.3, 0.4) is 0 Å². The van der Waals surface area contributed by atoms with Crippen LogP contribution >= 0.6 is 0 Å². The van der Waals surface area contributed by atoms with Crippen molar-refractivity contribution in [2.45, 2.75) is 6.04 Å². The van der Waals surface area contributed by atoms with Crippen molar-refractivity contribution in [1.82, 2.24) is 10.3 Å². The highest BCUT2D eigenvalue weighted by atomic mass is 16.5. The minimum Gasteiger partial charge on any atom is -0.497 e. The Bertz CT molecular complexity index is 674. The summed E-state index contributed by atoms with van der Waals surface area (Å²) in [5.74, 6) is 1.25. The van der Waals surface area contributed by atoms with Gasteiger partial charge >= 0.3 is 0 Å². The summed E-state index contributed by atoms with van der Waals surface area (Å²) >= 11 is 0. The lowest BCUT2D eigenvalue weighted by Crippen LogP contribution is -2.57. The second kappa shape index (κ2) is 5.57. The third kappa shape index (κ3) is 2.50. The summed E-state index contributed by atoms with van der Waals surface area (Å²) in [6.07, 6.45) is 1.75. The third-order valence-electron chi connectivity index (χ3n) is 3.79.